The molecule has 168 valence electrons. The van der Waals surface area contributed by atoms with Crippen LogP contribution in [0.5, 0.6) is 0 Å². The molecular formula is C23H33N5O2S. The van der Waals surface area contributed by atoms with E-state index in [0.29, 0.717) is 5.75 Å². The van der Waals surface area contributed by atoms with Gasteiger partial charge in [-0.15, -0.1) is 10.2 Å². The number of piperidine rings is 1. The second-order valence-electron chi connectivity index (χ2n) is 8.83. The monoisotopic (exact) mass is 443 g/mol. The van der Waals surface area contributed by atoms with Crippen molar-refractivity contribution in [2.75, 3.05) is 35.7 Å². The first-order valence-electron chi connectivity index (χ1n) is 11.3. The van der Waals surface area contributed by atoms with Crippen LogP contribution in [-0.4, -0.2) is 52.2 Å². The number of thioether (sulfide) groups is 1. The molecule has 7 nitrogen and oxygen atoms in total. The van der Waals surface area contributed by atoms with Crippen LogP contribution in [0.2, 0.25) is 0 Å². The van der Waals surface area contributed by atoms with Gasteiger partial charge in [0, 0.05) is 25.4 Å². The highest BCUT2D eigenvalue weighted by atomic mass is 32.2. The zero-order valence-corrected chi connectivity index (χ0v) is 19.6. The molecule has 0 unspecified atom stereocenters. The number of aryl methyl sites for hydroxylation is 2. The van der Waals surface area contributed by atoms with Gasteiger partial charge in [0.2, 0.25) is 11.9 Å². The van der Waals surface area contributed by atoms with Crippen LogP contribution < -0.4 is 10.2 Å². The molecule has 2 aliphatic heterocycles. The number of aromatic nitrogens is 3. The lowest BCUT2D eigenvalue weighted by Crippen LogP contribution is -2.35. The Morgan fingerprint density at radius 1 is 1.19 bits per heavy atom. The average molecular weight is 444 g/mol. The van der Waals surface area contributed by atoms with Crippen molar-refractivity contribution in [3.8, 4) is 0 Å². The van der Waals surface area contributed by atoms with Gasteiger partial charge in [-0.3, -0.25) is 9.36 Å². The van der Waals surface area contributed by atoms with E-state index < -0.39 is 0 Å². The molecule has 1 atom stereocenters. The summed E-state index contributed by atoms with van der Waals surface area (Å²) in [6, 6.07) is 5.98. The average Bonchev–Trinajstić information content (AvgIpc) is 3.40. The number of benzene rings is 1. The summed E-state index contributed by atoms with van der Waals surface area (Å²) >= 11 is 1.45. The third-order valence-corrected chi connectivity index (χ3v) is 7.26. The number of nitrogens with one attached hydrogen (secondary N) is 1. The largest absolute Gasteiger partial charge is 0.376 e. The minimum absolute atomic E-state index is 0.0340. The van der Waals surface area contributed by atoms with Crippen LogP contribution in [0.15, 0.2) is 23.4 Å². The molecule has 2 saturated heterocycles. The van der Waals surface area contributed by atoms with E-state index in [-0.39, 0.29) is 12.0 Å². The fourth-order valence-electron chi connectivity index (χ4n) is 4.13. The van der Waals surface area contributed by atoms with Gasteiger partial charge in [0.05, 0.1) is 18.4 Å². The maximum atomic E-state index is 12.6. The summed E-state index contributed by atoms with van der Waals surface area (Å²) in [6.07, 6.45) is 4.71. The minimum Gasteiger partial charge on any atom is -0.376 e. The van der Waals surface area contributed by atoms with Crippen LogP contribution >= 0.6 is 11.8 Å². The van der Waals surface area contributed by atoms with Crippen molar-refractivity contribution in [2.45, 2.75) is 64.3 Å². The standard InChI is InChI=1S/C23H33N5O2S/c1-16-8-10-27(11-9-16)22-25-26-23(28(22)14-20-5-4-12-30-20)31-15-21(29)24-19-7-6-17(2)18(3)13-19/h6-7,13,16,20H,4-5,8-12,14-15H2,1-3H3,(H,24,29)/t20-/m1/s1. The van der Waals surface area contributed by atoms with E-state index in [0.717, 1.165) is 61.8 Å². The zero-order valence-electron chi connectivity index (χ0n) is 18.8. The smallest absolute Gasteiger partial charge is 0.234 e. The van der Waals surface area contributed by atoms with E-state index in [1.54, 1.807) is 0 Å². The fraction of sp³-hybridized carbons (Fsp3) is 0.609. The van der Waals surface area contributed by atoms with E-state index in [1.807, 2.05) is 18.2 Å². The van der Waals surface area contributed by atoms with Gasteiger partial charge in [-0.25, -0.2) is 0 Å². The van der Waals surface area contributed by atoms with Crippen LogP contribution in [0.3, 0.4) is 0 Å². The molecule has 0 bridgehead atoms. The third kappa shape index (κ3) is 5.60. The fourth-order valence-corrected chi connectivity index (χ4v) is 4.87. The molecule has 0 radical (unpaired) electrons. The van der Waals surface area contributed by atoms with Gasteiger partial charge in [0.1, 0.15) is 0 Å². The van der Waals surface area contributed by atoms with Gasteiger partial charge in [-0.2, -0.15) is 0 Å². The second kappa shape index (κ2) is 10.0. The molecule has 31 heavy (non-hydrogen) atoms. The summed E-state index contributed by atoms with van der Waals surface area (Å²) in [4.78, 5) is 14.9. The predicted molar refractivity (Wildman–Crippen MR) is 125 cm³/mol. The predicted octanol–water partition coefficient (Wildman–Crippen LogP) is 4.04. The number of hydrogen-bond donors (Lipinski definition) is 1. The Labute approximate surface area is 188 Å². The van der Waals surface area contributed by atoms with Gasteiger partial charge < -0.3 is 15.0 Å². The van der Waals surface area contributed by atoms with Gasteiger partial charge in [-0.1, -0.05) is 24.8 Å². The Hall–Kier alpha value is -2.06. The molecule has 1 amide bonds. The van der Waals surface area contributed by atoms with E-state index in [1.165, 1.54) is 35.7 Å². The number of ether oxygens (including phenoxy) is 1. The van der Waals surface area contributed by atoms with Gasteiger partial charge >= 0.3 is 0 Å². The first kappa shape index (κ1) is 22.1. The number of hydrogen-bond acceptors (Lipinski definition) is 6. The van der Waals surface area contributed by atoms with Crippen molar-refractivity contribution < 1.29 is 9.53 Å². The lowest BCUT2D eigenvalue weighted by molar-refractivity contribution is -0.113. The summed E-state index contributed by atoms with van der Waals surface area (Å²) in [7, 11) is 0. The third-order valence-electron chi connectivity index (χ3n) is 6.30. The molecule has 1 N–H and O–H groups in total. The Kier molecular flexibility index (Phi) is 7.17. The Balaban J connectivity index is 1.43. The van der Waals surface area contributed by atoms with Gasteiger partial charge in [0.15, 0.2) is 5.16 Å². The molecule has 2 fully saturated rings. The van der Waals surface area contributed by atoms with Crippen molar-refractivity contribution in [3.63, 3.8) is 0 Å². The van der Waals surface area contributed by atoms with Crippen LogP contribution in [0.25, 0.3) is 0 Å². The number of carbonyl (C=O) groups excluding carboxylic acids is 1. The zero-order chi connectivity index (χ0) is 21.8. The molecular weight excluding hydrogens is 410 g/mol. The SMILES string of the molecule is Cc1ccc(NC(=O)CSc2nnc(N3CCC(C)CC3)n2C[C@H]2CCCO2)cc1C. The molecule has 0 saturated carbocycles. The van der Waals surface area contributed by atoms with Crippen molar-refractivity contribution in [1.29, 1.82) is 0 Å². The summed E-state index contributed by atoms with van der Waals surface area (Å²) < 4.78 is 8.05. The highest BCUT2D eigenvalue weighted by Gasteiger charge is 2.26. The summed E-state index contributed by atoms with van der Waals surface area (Å²) in [5.41, 5.74) is 3.22. The van der Waals surface area contributed by atoms with Crippen LogP contribution in [0.1, 0.15) is 43.7 Å². The maximum absolute atomic E-state index is 12.6. The van der Waals surface area contributed by atoms with Crippen molar-refractivity contribution in [3.05, 3.63) is 29.3 Å². The normalized spacial score (nSPS) is 19.7. The van der Waals surface area contributed by atoms with Crippen molar-refractivity contribution >= 4 is 29.3 Å². The molecule has 0 spiro atoms. The topological polar surface area (TPSA) is 72.3 Å². The lowest BCUT2D eigenvalue weighted by atomic mass is 10.00. The molecule has 0 aliphatic carbocycles. The Bertz CT molecular complexity index is 901. The van der Waals surface area contributed by atoms with Crippen molar-refractivity contribution in [1.82, 2.24) is 14.8 Å². The molecule has 4 rings (SSSR count). The van der Waals surface area contributed by atoms with E-state index in [2.05, 4.69) is 45.8 Å². The minimum atomic E-state index is -0.0340. The van der Waals surface area contributed by atoms with Crippen LogP contribution in [-0.2, 0) is 16.1 Å². The maximum Gasteiger partial charge on any atom is 0.234 e. The van der Waals surface area contributed by atoms with E-state index in [4.69, 9.17) is 4.74 Å². The van der Waals surface area contributed by atoms with Gasteiger partial charge in [-0.05, 0) is 68.7 Å². The molecule has 3 heterocycles. The summed E-state index contributed by atoms with van der Waals surface area (Å²) in [5, 5.41) is 12.8. The molecule has 8 heteroatoms. The number of carbonyl (C=O) groups is 1. The molecule has 2 aliphatic rings. The number of amides is 1. The number of rotatable bonds is 7. The van der Waals surface area contributed by atoms with Crippen LogP contribution in [0, 0.1) is 19.8 Å². The van der Waals surface area contributed by atoms with Crippen LogP contribution in [0.4, 0.5) is 11.6 Å². The Morgan fingerprint density at radius 3 is 2.71 bits per heavy atom. The van der Waals surface area contributed by atoms with E-state index in [9.17, 15) is 4.79 Å². The quantitative estimate of drug-likeness (QED) is 0.651. The summed E-state index contributed by atoms with van der Waals surface area (Å²) in [6.45, 7) is 10.0. The molecule has 1 aromatic heterocycles. The number of anilines is 2. The first-order chi connectivity index (χ1) is 15.0. The Morgan fingerprint density at radius 2 is 2.00 bits per heavy atom. The number of nitrogens with zero attached hydrogens (tertiary/aromatic N) is 4. The highest BCUT2D eigenvalue weighted by Crippen LogP contribution is 2.28. The lowest BCUT2D eigenvalue weighted by Gasteiger charge is -2.31. The highest BCUT2D eigenvalue weighted by molar-refractivity contribution is 7.99. The van der Waals surface area contributed by atoms with Gasteiger partial charge in [0.25, 0.3) is 0 Å². The summed E-state index contributed by atoms with van der Waals surface area (Å²) in [5.74, 6) is 1.94. The molecule has 1 aromatic carbocycles. The van der Waals surface area contributed by atoms with Crippen molar-refractivity contribution in [2.24, 2.45) is 5.92 Å². The van der Waals surface area contributed by atoms with E-state index >= 15 is 0 Å². The molecule has 2 aromatic rings. The first-order valence-corrected chi connectivity index (χ1v) is 12.3. The second-order valence-corrected chi connectivity index (χ2v) is 9.78.